The maximum atomic E-state index is 11.6. The summed E-state index contributed by atoms with van der Waals surface area (Å²) in [6, 6.07) is 7.38. The fraction of sp³-hybridized carbons (Fsp3) is 0.462. The number of hydrogen-bond acceptors (Lipinski definition) is 4. The average molecular weight is 237 g/mol. The van der Waals surface area contributed by atoms with Gasteiger partial charge in [0.1, 0.15) is 0 Å². The molecule has 0 aliphatic carbocycles. The molecule has 4 nitrogen and oxygen atoms in total. The van der Waals surface area contributed by atoms with Gasteiger partial charge in [-0.25, -0.2) is 4.79 Å². The standard InChI is InChI=1S/C13H19NO3/c1-10(16-3)9-14(2)12-8-6-5-7-11(12)13(15)17-4/h5-8,10H,9H2,1-4H3. The highest BCUT2D eigenvalue weighted by Gasteiger charge is 2.15. The van der Waals surface area contributed by atoms with Crippen molar-refractivity contribution in [2.24, 2.45) is 0 Å². The molecule has 0 aliphatic rings. The largest absolute Gasteiger partial charge is 0.465 e. The lowest BCUT2D eigenvalue weighted by molar-refractivity contribution is 0.0601. The summed E-state index contributed by atoms with van der Waals surface area (Å²) in [5.41, 5.74) is 1.42. The Balaban J connectivity index is 2.92. The van der Waals surface area contributed by atoms with Crippen LogP contribution in [0.25, 0.3) is 0 Å². The van der Waals surface area contributed by atoms with Crippen LogP contribution < -0.4 is 4.90 Å². The van der Waals surface area contributed by atoms with Gasteiger partial charge >= 0.3 is 5.97 Å². The number of ether oxygens (including phenoxy) is 2. The third-order valence-electron chi connectivity index (χ3n) is 2.65. The number of rotatable bonds is 5. The quantitative estimate of drug-likeness (QED) is 0.734. The summed E-state index contributed by atoms with van der Waals surface area (Å²) in [5, 5.41) is 0. The van der Waals surface area contributed by atoms with Crippen molar-refractivity contribution >= 4 is 11.7 Å². The van der Waals surface area contributed by atoms with E-state index in [-0.39, 0.29) is 12.1 Å². The summed E-state index contributed by atoms with van der Waals surface area (Å²) >= 11 is 0. The molecule has 0 N–H and O–H groups in total. The van der Waals surface area contributed by atoms with Crippen molar-refractivity contribution in [3.63, 3.8) is 0 Å². The van der Waals surface area contributed by atoms with E-state index < -0.39 is 0 Å². The van der Waals surface area contributed by atoms with Crippen LogP contribution in [-0.4, -0.2) is 39.9 Å². The van der Waals surface area contributed by atoms with Crippen molar-refractivity contribution < 1.29 is 14.3 Å². The van der Waals surface area contributed by atoms with Crippen molar-refractivity contribution in [3.05, 3.63) is 29.8 Å². The van der Waals surface area contributed by atoms with Crippen molar-refractivity contribution in [2.75, 3.05) is 32.7 Å². The zero-order valence-corrected chi connectivity index (χ0v) is 10.8. The normalized spacial score (nSPS) is 12.0. The highest BCUT2D eigenvalue weighted by atomic mass is 16.5. The Labute approximate surface area is 102 Å². The van der Waals surface area contributed by atoms with Crippen LogP contribution in [0.1, 0.15) is 17.3 Å². The first kappa shape index (κ1) is 13.5. The molecule has 4 heteroatoms. The van der Waals surface area contributed by atoms with E-state index in [1.54, 1.807) is 13.2 Å². The number of likely N-dealkylation sites (N-methyl/N-ethyl adjacent to an activating group) is 1. The number of carbonyl (C=O) groups excluding carboxylic acids is 1. The van der Waals surface area contributed by atoms with Crippen LogP contribution in [0.2, 0.25) is 0 Å². The van der Waals surface area contributed by atoms with Crippen LogP contribution in [0.5, 0.6) is 0 Å². The summed E-state index contributed by atoms with van der Waals surface area (Å²) in [4.78, 5) is 13.6. The summed E-state index contributed by atoms with van der Waals surface area (Å²) in [6.07, 6.45) is 0.103. The zero-order valence-electron chi connectivity index (χ0n) is 10.8. The van der Waals surface area contributed by atoms with Crippen LogP contribution in [0.15, 0.2) is 24.3 Å². The first-order chi connectivity index (χ1) is 8.10. The van der Waals surface area contributed by atoms with Crippen molar-refractivity contribution in [1.29, 1.82) is 0 Å². The Morgan fingerprint density at radius 3 is 2.59 bits per heavy atom. The van der Waals surface area contributed by atoms with E-state index in [0.29, 0.717) is 12.1 Å². The number of hydrogen-bond donors (Lipinski definition) is 0. The minimum atomic E-state index is -0.322. The minimum absolute atomic E-state index is 0.103. The highest BCUT2D eigenvalue weighted by Crippen LogP contribution is 2.20. The van der Waals surface area contributed by atoms with Crippen molar-refractivity contribution in [1.82, 2.24) is 0 Å². The topological polar surface area (TPSA) is 38.8 Å². The molecular formula is C13H19NO3. The Morgan fingerprint density at radius 1 is 1.35 bits per heavy atom. The SMILES string of the molecule is COC(=O)c1ccccc1N(C)CC(C)OC. The highest BCUT2D eigenvalue weighted by molar-refractivity contribution is 5.95. The van der Waals surface area contributed by atoms with Gasteiger partial charge in [-0.3, -0.25) is 0 Å². The first-order valence-corrected chi connectivity index (χ1v) is 5.51. The molecule has 1 atom stereocenters. The third kappa shape index (κ3) is 3.46. The number of benzene rings is 1. The minimum Gasteiger partial charge on any atom is -0.465 e. The first-order valence-electron chi connectivity index (χ1n) is 5.51. The van der Waals surface area contributed by atoms with Crippen LogP contribution in [0.4, 0.5) is 5.69 Å². The molecule has 0 aromatic heterocycles. The maximum absolute atomic E-state index is 11.6. The lowest BCUT2D eigenvalue weighted by Gasteiger charge is -2.24. The van der Waals surface area contributed by atoms with E-state index >= 15 is 0 Å². The van der Waals surface area contributed by atoms with Gasteiger partial charge in [0.25, 0.3) is 0 Å². The van der Waals surface area contributed by atoms with E-state index in [1.807, 2.05) is 37.1 Å². The molecule has 0 radical (unpaired) electrons. The Bertz CT molecular complexity index is 379. The van der Waals surface area contributed by atoms with Gasteiger partial charge in [-0.1, -0.05) is 12.1 Å². The average Bonchev–Trinajstić information content (AvgIpc) is 2.37. The second-order valence-electron chi connectivity index (χ2n) is 3.94. The maximum Gasteiger partial charge on any atom is 0.339 e. The van der Waals surface area contributed by atoms with E-state index in [4.69, 9.17) is 9.47 Å². The van der Waals surface area contributed by atoms with Gasteiger partial charge in [-0.05, 0) is 19.1 Å². The molecule has 1 rings (SSSR count). The lowest BCUT2D eigenvalue weighted by atomic mass is 10.1. The predicted octanol–water partition coefficient (Wildman–Crippen LogP) is 1.94. The Hall–Kier alpha value is -1.55. The van der Waals surface area contributed by atoms with E-state index in [1.165, 1.54) is 7.11 Å². The second-order valence-corrected chi connectivity index (χ2v) is 3.94. The molecule has 1 aromatic rings. The van der Waals surface area contributed by atoms with Crippen LogP contribution in [-0.2, 0) is 9.47 Å². The summed E-state index contributed by atoms with van der Waals surface area (Å²) < 4.78 is 9.97. The van der Waals surface area contributed by atoms with Gasteiger partial charge in [0.05, 0.1) is 24.5 Å². The summed E-state index contributed by atoms with van der Waals surface area (Å²) in [6.45, 7) is 2.70. The van der Waals surface area contributed by atoms with Crippen molar-refractivity contribution in [2.45, 2.75) is 13.0 Å². The van der Waals surface area contributed by atoms with Crippen LogP contribution in [0, 0.1) is 0 Å². The summed E-state index contributed by atoms with van der Waals surface area (Å²) in [7, 11) is 4.99. The van der Waals surface area contributed by atoms with Gasteiger partial charge < -0.3 is 14.4 Å². The second kappa shape index (κ2) is 6.25. The predicted molar refractivity (Wildman–Crippen MR) is 67.5 cm³/mol. The van der Waals surface area contributed by atoms with E-state index in [0.717, 1.165) is 5.69 Å². The molecule has 1 unspecified atom stereocenters. The number of carbonyl (C=O) groups is 1. The molecule has 0 saturated carbocycles. The summed E-state index contributed by atoms with van der Waals surface area (Å²) in [5.74, 6) is -0.322. The van der Waals surface area contributed by atoms with Gasteiger partial charge in [0.15, 0.2) is 0 Å². The molecule has 0 bridgehead atoms. The Morgan fingerprint density at radius 2 is 2.00 bits per heavy atom. The van der Waals surface area contributed by atoms with Gasteiger partial charge in [0, 0.05) is 20.7 Å². The smallest absolute Gasteiger partial charge is 0.339 e. The van der Waals surface area contributed by atoms with E-state index in [2.05, 4.69) is 0 Å². The lowest BCUT2D eigenvalue weighted by Crippen LogP contribution is -2.29. The molecule has 0 fully saturated rings. The number of anilines is 1. The van der Waals surface area contributed by atoms with Gasteiger partial charge in [0.2, 0.25) is 0 Å². The van der Waals surface area contributed by atoms with Crippen LogP contribution >= 0.6 is 0 Å². The number of nitrogens with zero attached hydrogens (tertiary/aromatic N) is 1. The molecule has 0 amide bonds. The number of esters is 1. The molecule has 0 saturated heterocycles. The fourth-order valence-corrected chi connectivity index (χ4v) is 1.65. The van der Waals surface area contributed by atoms with Gasteiger partial charge in [-0.2, -0.15) is 0 Å². The molecule has 0 spiro atoms. The zero-order chi connectivity index (χ0) is 12.8. The molecule has 0 heterocycles. The Kier molecular flexibility index (Phi) is 4.97. The molecule has 0 aliphatic heterocycles. The van der Waals surface area contributed by atoms with E-state index in [9.17, 15) is 4.79 Å². The fourth-order valence-electron chi connectivity index (χ4n) is 1.65. The van der Waals surface area contributed by atoms with Crippen LogP contribution in [0.3, 0.4) is 0 Å². The monoisotopic (exact) mass is 237 g/mol. The number of methoxy groups -OCH3 is 2. The third-order valence-corrected chi connectivity index (χ3v) is 2.65. The van der Waals surface area contributed by atoms with Gasteiger partial charge in [-0.15, -0.1) is 0 Å². The van der Waals surface area contributed by atoms with Crippen molar-refractivity contribution in [3.8, 4) is 0 Å². The molecule has 17 heavy (non-hydrogen) atoms. The number of para-hydroxylation sites is 1. The molecule has 94 valence electrons. The molecule has 1 aromatic carbocycles. The molecular weight excluding hydrogens is 218 g/mol.